The van der Waals surface area contributed by atoms with Crippen LogP contribution in [0.5, 0.6) is 0 Å². The molecular weight excluding hydrogens is 470 g/mol. The second-order valence-corrected chi connectivity index (χ2v) is 11.6. The van der Waals surface area contributed by atoms with E-state index in [1.807, 2.05) is 30.3 Å². The predicted molar refractivity (Wildman–Crippen MR) is 132 cm³/mol. The van der Waals surface area contributed by atoms with E-state index in [1.54, 1.807) is 46.7 Å². The van der Waals surface area contributed by atoms with E-state index in [-0.39, 0.29) is 28.4 Å². The van der Waals surface area contributed by atoms with Crippen LogP contribution in [0.2, 0.25) is 0 Å². The molecule has 1 fully saturated rings. The third-order valence-electron chi connectivity index (χ3n) is 5.15. The number of ether oxygens (including phenoxy) is 1. The first-order valence-electron chi connectivity index (χ1n) is 11.1. The van der Waals surface area contributed by atoms with Crippen molar-refractivity contribution >= 4 is 27.4 Å². The van der Waals surface area contributed by atoms with Gasteiger partial charge in [-0.25, -0.2) is 13.2 Å². The van der Waals surface area contributed by atoms with Crippen LogP contribution in [0.15, 0.2) is 69.5 Å². The molecule has 0 N–H and O–H groups in total. The molecule has 1 atom stereocenters. The molecule has 0 saturated carbocycles. The number of carbonyl (C=O) groups is 2. The Balaban J connectivity index is 1.99. The smallest absolute Gasteiger partial charge is 0.355 e. The van der Waals surface area contributed by atoms with Crippen LogP contribution >= 0.6 is 0 Å². The lowest BCUT2D eigenvalue weighted by Crippen LogP contribution is -2.62. The molecule has 35 heavy (non-hydrogen) atoms. The summed E-state index contributed by atoms with van der Waals surface area (Å²) in [6, 6.07) is 9.42. The first-order chi connectivity index (χ1) is 16.2. The number of fused-ring (bicyclic) bond motifs is 1. The van der Waals surface area contributed by atoms with E-state index in [0.717, 1.165) is 10.5 Å². The maximum absolute atomic E-state index is 13.5. The van der Waals surface area contributed by atoms with E-state index in [2.05, 4.69) is 5.16 Å². The first kappa shape index (κ1) is 26.2. The molecule has 0 bridgehead atoms. The zero-order valence-corrected chi connectivity index (χ0v) is 21.8. The maximum Gasteiger partial charge on any atom is 0.355 e. The molecule has 1 saturated heterocycles. The normalized spacial score (nSPS) is 22.1. The molecule has 2 heterocycles. The number of allylic oxidation sites excluding steroid dienone is 2. The molecule has 0 aromatic heterocycles. The summed E-state index contributed by atoms with van der Waals surface area (Å²) in [5.74, 6) is -1.36. The number of β-lactam (4-membered cyclic amide) rings is 1. The molecular formula is C25H31N3O6S. The Kier molecular flexibility index (Phi) is 7.26. The second-order valence-electron chi connectivity index (χ2n) is 9.60. The Labute approximate surface area is 206 Å². The number of rotatable bonds is 6. The average Bonchev–Trinajstić information content (AvgIpc) is 2.74. The molecule has 3 rings (SSSR count). The van der Waals surface area contributed by atoms with Crippen molar-refractivity contribution in [2.45, 2.75) is 52.2 Å². The lowest BCUT2D eigenvalue weighted by atomic mass is 10.0. The second kappa shape index (κ2) is 9.69. The summed E-state index contributed by atoms with van der Waals surface area (Å²) in [7, 11) is -0.657. The fourth-order valence-corrected chi connectivity index (χ4v) is 5.83. The van der Waals surface area contributed by atoms with Crippen molar-refractivity contribution in [3.63, 3.8) is 0 Å². The van der Waals surface area contributed by atoms with Crippen molar-refractivity contribution in [1.29, 1.82) is 0 Å². The fourth-order valence-electron chi connectivity index (χ4n) is 3.73. The van der Waals surface area contributed by atoms with Crippen molar-refractivity contribution in [2.75, 3.05) is 14.1 Å². The molecule has 188 valence electrons. The fraction of sp³-hybridized carbons (Fsp3) is 0.400. The van der Waals surface area contributed by atoms with E-state index < -0.39 is 32.7 Å². The molecule has 0 radical (unpaired) electrons. The Morgan fingerprint density at radius 1 is 1.20 bits per heavy atom. The zero-order chi connectivity index (χ0) is 26.1. The number of oxime groups is 1. The molecule has 2 aliphatic heterocycles. The monoisotopic (exact) mass is 501 g/mol. The van der Waals surface area contributed by atoms with Gasteiger partial charge in [-0.1, -0.05) is 35.5 Å². The topological polar surface area (TPSA) is 106 Å². The summed E-state index contributed by atoms with van der Waals surface area (Å²) >= 11 is 0. The molecule has 2 aliphatic rings. The SMILES string of the molecule is CC1=C(C(=O)OC(C)(C)C)N2C(=O)/C(=C/C(C)=N\OCc3ccccc3)C2S(=O)(=O)/C1=C/N(C)C. The van der Waals surface area contributed by atoms with Gasteiger partial charge < -0.3 is 14.5 Å². The summed E-state index contributed by atoms with van der Waals surface area (Å²) in [6.45, 7) is 8.44. The molecule has 1 aromatic carbocycles. The van der Waals surface area contributed by atoms with E-state index in [4.69, 9.17) is 9.57 Å². The van der Waals surface area contributed by atoms with Crippen LogP contribution in [0.3, 0.4) is 0 Å². The highest BCUT2D eigenvalue weighted by molar-refractivity contribution is 7.96. The van der Waals surface area contributed by atoms with Crippen LogP contribution in [-0.2, 0) is 35.6 Å². The minimum atomic E-state index is -4.02. The minimum absolute atomic E-state index is 0.00720. The summed E-state index contributed by atoms with van der Waals surface area (Å²) in [5.41, 5.74) is 0.500. The summed E-state index contributed by atoms with van der Waals surface area (Å²) < 4.78 is 32.5. The van der Waals surface area contributed by atoms with Gasteiger partial charge in [-0.3, -0.25) is 9.69 Å². The zero-order valence-electron chi connectivity index (χ0n) is 21.0. The number of amides is 1. The van der Waals surface area contributed by atoms with Crippen molar-refractivity contribution in [3.05, 3.63) is 69.9 Å². The number of benzene rings is 1. The standard InChI is InChI=1S/C25H31N3O6S/c1-16(26-33-15-18-11-9-8-10-12-18)13-19-22(29)28-21(24(30)34-25(3,4)5)17(2)20(14-27(6)7)35(31,32)23(19)28/h8-14,23H,15H2,1-7H3/b19-13-,20-14+,26-16-. The number of esters is 1. The predicted octanol–water partition coefficient (Wildman–Crippen LogP) is 3.12. The third kappa shape index (κ3) is 5.48. The average molecular weight is 502 g/mol. The Morgan fingerprint density at radius 2 is 1.83 bits per heavy atom. The quantitative estimate of drug-likeness (QED) is 0.194. The van der Waals surface area contributed by atoms with Gasteiger partial charge in [0.25, 0.3) is 5.91 Å². The van der Waals surface area contributed by atoms with Crippen molar-refractivity contribution in [3.8, 4) is 0 Å². The van der Waals surface area contributed by atoms with Crippen LogP contribution in [0, 0.1) is 0 Å². The van der Waals surface area contributed by atoms with Crippen LogP contribution in [-0.4, -0.2) is 60.9 Å². The van der Waals surface area contributed by atoms with E-state index in [9.17, 15) is 18.0 Å². The highest BCUT2D eigenvalue weighted by Gasteiger charge is 2.58. The Bertz CT molecular complexity index is 1250. The molecule has 9 nitrogen and oxygen atoms in total. The van der Waals surface area contributed by atoms with Gasteiger partial charge in [-0.05, 0) is 46.3 Å². The molecule has 0 aliphatic carbocycles. The van der Waals surface area contributed by atoms with Gasteiger partial charge in [-0.2, -0.15) is 0 Å². The summed E-state index contributed by atoms with van der Waals surface area (Å²) in [6.07, 6.45) is 2.81. The van der Waals surface area contributed by atoms with Gasteiger partial charge in [-0.15, -0.1) is 0 Å². The lowest BCUT2D eigenvalue weighted by molar-refractivity contribution is -0.155. The van der Waals surface area contributed by atoms with Gasteiger partial charge in [0.1, 0.15) is 17.9 Å². The van der Waals surface area contributed by atoms with Crippen LogP contribution in [0.25, 0.3) is 0 Å². The minimum Gasteiger partial charge on any atom is -0.455 e. The van der Waals surface area contributed by atoms with Crippen molar-refractivity contribution in [1.82, 2.24) is 9.80 Å². The molecule has 1 amide bonds. The summed E-state index contributed by atoms with van der Waals surface area (Å²) in [4.78, 5) is 34.0. The molecule has 10 heteroatoms. The molecule has 1 aromatic rings. The largest absolute Gasteiger partial charge is 0.455 e. The first-order valence-corrected chi connectivity index (χ1v) is 12.6. The van der Waals surface area contributed by atoms with Gasteiger partial charge in [0, 0.05) is 25.9 Å². The van der Waals surface area contributed by atoms with Crippen LogP contribution in [0.4, 0.5) is 0 Å². The van der Waals surface area contributed by atoms with E-state index in [0.29, 0.717) is 5.71 Å². The number of sulfone groups is 1. The van der Waals surface area contributed by atoms with Gasteiger partial charge >= 0.3 is 5.97 Å². The van der Waals surface area contributed by atoms with Gasteiger partial charge in [0.05, 0.1) is 16.2 Å². The Hall–Kier alpha value is -3.40. The summed E-state index contributed by atoms with van der Waals surface area (Å²) in [5, 5.41) is 2.64. The highest BCUT2D eigenvalue weighted by Crippen LogP contribution is 2.45. The number of hydrogen-bond donors (Lipinski definition) is 0. The molecule has 0 spiro atoms. The number of hydrogen-bond acceptors (Lipinski definition) is 8. The highest BCUT2D eigenvalue weighted by atomic mass is 32.2. The lowest BCUT2D eigenvalue weighted by Gasteiger charge is -2.46. The third-order valence-corrected chi connectivity index (χ3v) is 7.22. The Morgan fingerprint density at radius 3 is 2.40 bits per heavy atom. The van der Waals surface area contributed by atoms with Crippen LogP contribution in [0.1, 0.15) is 40.2 Å². The number of nitrogens with zero attached hydrogens (tertiary/aromatic N) is 3. The van der Waals surface area contributed by atoms with Gasteiger partial charge in [0.2, 0.25) is 9.84 Å². The van der Waals surface area contributed by atoms with Crippen molar-refractivity contribution < 1.29 is 27.6 Å². The maximum atomic E-state index is 13.5. The number of carbonyl (C=O) groups excluding carboxylic acids is 2. The van der Waals surface area contributed by atoms with E-state index >= 15 is 0 Å². The van der Waals surface area contributed by atoms with Crippen LogP contribution < -0.4 is 0 Å². The van der Waals surface area contributed by atoms with Gasteiger partial charge in [0.15, 0.2) is 5.37 Å². The van der Waals surface area contributed by atoms with Crippen molar-refractivity contribution in [2.24, 2.45) is 5.16 Å². The van der Waals surface area contributed by atoms with E-state index in [1.165, 1.54) is 19.2 Å². The molecule has 1 unspecified atom stereocenters.